The fourth-order valence-corrected chi connectivity index (χ4v) is 6.57. The highest BCUT2D eigenvalue weighted by molar-refractivity contribution is 7.93. The standard InChI is InChI=1S/C31H25F3N2O5S/c32-31(33,34)25-6-3-5-23(18-25)21-12-14-26(15-13-21)42(40,41)36-27-7-2-1-4-24(27)19-28(36)29(37)35-17-16-20-8-10-22(11-9-20)30(38)39/h1-15,18,28H,16-17,19H2,(H,35,37)(H,38,39)/t28-/m0/s1. The normalized spacial score (nSPS) is 14.8. The molecule has 11 heteroatoms. The third-order valence-corrected chi connectivity index (χ3v) is 8.91. The first-order valence-corrected chi connectivity index (χ1v) is 14.4. The number of carbonyl (C=O) groups is 2. The fourth-order valence-electron chi connectivity index (χ4n) is 4.92. The molecule has 0 unspecified atom stereocenters. The van der Waals surface area contributed by atoms with Crippen LogP contribution >= 0.6 is 0 Å². The van der Waals surface area contributed by atoms with Gasteiger partial charge in [0.25, 0.3) is 10.0 Å². The van der Waals surface area contributed by atoms with Crippen LogP contribution in [0.1, 0.15) is 27.0 Å². The van der Waals surface area contributed by atoms with E-state index in [1.807, 2.05) is 0 Å². The van der Waals surface area contributed by atoms with E-state index in [1.165, 1.54) is 48.5 Å². The molecule has 1 aliphatic heterocycles. The van der Waals surface area contributed by atoms with Gasteiger partial charge in [-0.1, -0.05) is 54.6 Å². The van der Waals surface area contributed by atoms with Crippen molar-refractivity contribution < 1.29 is 36.3 Å². The number of sulfonamides is 1. The van der Waals surface area contributed by atoms with Crippen molar-refractivity contribution in [2.45, 2.75) is 30.0 Å². The number of benzene rings is 4. The number of fused-ring (bicyclic) bond motifs is 1. The summed E-state index contributed by atoms with van der Waals surface area (Å²) in [5.74, 6) is -1.53. The zero-order valence-electron chi connectivity index (χ0n) is 22.0. The number of carboxylic acid groups (broad SMARTS) is 1. The first-order chi connectivity index (χ1) is 19.9. The molecule has 0 bridgehead atoms. The smallest absolute Gasteiger partial charge is 0.416 e. The lowest BCUT2D eigenvalue weighted by atomic mass is 10.0. The van der Waals surface area contributed by atoms with E-state index in [0.29, 0.717) is 23.2 Å². The van der Waals surface area contributed by atoms with Crippen LogP contribution in [0.4, 0.5) is 18.9 Å². The van der Waals surface area contributed by atoms with Crippen LogP contribution in [0.15, 0.2) is 102 Å². The Labute approximate surface area is 240 Å². The monoisotopic (exact) mass is 594 g/mol. The van der Waals surface area contributed by atoms with Crippen molar-refractivity contribution in [3.05, 3.63) is 119 Å². The molecular formula is C31H25F3N2O5S. The van der Waals surface area contributed by atoms with Gasteiger partial charge in [0, 0.05) is 13.0 Å². The molecule has 42 heavy (non-hydrogen) atoms. The second kappa shape index (κ2) is 11.3. The Morgan fingerprint density at radius 2 is 1.57 bits per heavy atom. The SMILES string of the molecule is O=C(O)c1ccc(CCNC(=O)[C@@H]2Cc3ccccc3N2S(=O)(=O)c2ccc(-c3cccc(C(F)(F)F)c3)cc2)cc1. The minimum Gasteiger partial charge on any atom is -0.478 e. The summed E-state index contributed by atoms with van der Waals surface area (Å²) in [7, 11) is -4.23. The van der Waals surface area contributed by atoms with Gasteiger partial charge in [-0.3, -0.25) is 9.10 Å². The number of hydrogen-bond acceptors (Lipinski definition) is 4. The molecule has 1 atom stereocenters. The number of aromatic carboxylic acids is 1. The van der Waals surface area contributed by atoms with Crippen molar-refractivity contribution in [3.63, 3.8) is 0 Å². The quantitative estimate of drug-likeness (QED) is 0.279. The lowest BCUT2D eigenvalue weighted by Gasteiger charge is -2.26. The third kappa shape index (κ3) is 5.87. The minimum atomic E-state index is -4.51. The predicted molar refractivity (Wildman–Crippen MR) is 151 cm³/mol. The summed E-state index contributed by atoms with van der Waals surface area (Å²) in [6.07, 6.45) is -3.94. The molecule has 0 saturated heterocycles. The lowest BCUT2D eigenvalue weighted by Crippen LogP contribution is -2.48. The molecule has 2 N–H and O–H groups in total. The maximum Gasteiger partial charge on any atom is 0.416 e. The number of halogens is 3. The summed E-state index contributed by atoms with van der Waals surface area (Å²) in [4.78, 5) is 24.2. The van der Waals surface area contributed by atoms with E-state index in [-0.39, 0.29) is 29.0 Å². The van der Waals surface area contributed by atoms with Crippen molar-refractivity contribution >= 4 is 27.6 Å². The largest absolute Gasteiger partial charge is 0.478 e. The van der Waals surface area contributed by atoms with E-state index >= 15 is 0 Å². The van der Waals surface area contributed by atoms with Crippen LogP contribution in [0.2, 0.25) is 0 Å². The van der Waals surface area contributed by atoms with Crippen LogP contribution < -0.4 is 9.62 Å². The van der Waals surface area contributed by atoms with Gasteiger partial charge in [0.2, 0.25) is 5.91 Å². The summed E-state index contributed by atoms with van der Waals surface area (Å²) in [6.45, 7) is 0.206. The van der Waals surface area contributed by atoms with Gasteiger partial charge >= 0.3 is 12.1 Å². The predicted octanol–water partition coefficient (Wildman–Crippen LogP) is 5.55. The van der Waals surface area contributed by atoms with Gasteiger partial charge in [-0.15, -0.1) is 0 Å². The van der Waals surface area contributed by atoms with Crippen LogP contribution in [0, 0.1) is 0 Å². The first kappa shape index (κ1) is 28.9. The van der Waals surface area contributed by atoms with Gasteiger partial charge in [0.1, 0.15) is 6.04 Å². The van der Waals surface area contributed by atoms with Crippen molar-refractivity contribution in [3.8, 4) is 11.1 Å². The van der Waals surface area contributed by atoms with E-state index in [9.17, 15) is 31.2 Å². The zero-order valence-corrected chi connectivity index (χ0v) is 22.8. The molecular weight excluding hydrogens is 569 g/mol. The third-order valence-electron chi connectivity index (χ3n) is 7.08. The van der Waals surface area contributed by atoms with Crippen LogP contribution in [-0.2, 0) is 33.8 Å². The molecule has 0 fully saturated rings. The highest BCUT2D eigenvalue weighted by Gasteiger charge is 2.42. The van der Waals surface area contributed by atoms with E-state index in [0.717, 1.165) is 22.0 Å². The van der Waals surface area contributed by atoms with Crippen molar-refractivity contribution in [1.82, 2.24) is 5.32 Å². The van der Waals surface area contributed by atoms with Crippen molar-refractivity contribution in [1.29, 1.82) is 0 Å². The second-order valence-electron chi connectivity index (χ2n) is 9.80. The topological polar surface area (TPSA) is 104 Å². The Balaban J connectivity index is 1.36. The van der Waals surface area contributed by atoms with Crippen molar-refractivity contribution in [2.75, 3.05) is 10.8 Å². The summed E-state index contributed by atoms with van der Waals surface area (Å²) >= 11 is 0. The lowest BCUT2D eigenvalue weighted by molar-refractivity contribution is -0.137. The Morgan fingerprint density at radius 3 is 2.24 bits per heavy atom. The van der Waals surface area contributed by atoms with Gasteiger partial charge < -0.3 is 10.4 Å². The summed E-state index contributed by atoms with van der Waals surface area (Å²) in [5.41, 5.74) is 1.91. The fraction of sp³-hybridized carbons (Fsp3) is 0.161. The van der Waals surface area contributed by atoms with Gasteiger partial charge in [0.05, 0.1) is 21.7 Å². The van der Waals surface area contributed by atoms with Crippen LogP contribution in [0.3, 0.4) is 0 Å². The number of carbonyl (C=O) groups excluding carboxylic acids is 1. The number of hydrogen-bond donors (Lipinski definition) is 2. The molecule has 4 aromatic carbocycles. The Morgan fingerprint density at radius 1 is 0.881 bits per heavy atom. The van der Waals surface area contributed by atoms with Crippen LogP contribution in [-0.4, -0.2) is 38.0 Å². The Bertz CT molecular complexity index is 1740. The molecule has 0 spiro atoms. The van der Waals surface area contributed by atoms with Gasteiger partial charge in [0.15, 0.2) is 0 Å². The second-order valence-corrected chi connectivity index (χ2v) is 11.6. The minimum absolute atomic E-state index is 0.105. The Kier molecular flexibility index (Phi) is 7.79. The van der Waals surface area contributed by atoms with Crippen molar-refractivity contribution in [2.24, 2.45) is 0 Å². The van der Waals surface area contributed by atoms with E-state index in [2.05, 4.69) is 5.32 Å². The number of nitrogens with zero attached hydrogens (tertiary/aromatic N) is 1. The molecule has 0 saturated carbocycles. The molecule has 216 valence electrons. The number of amides is 1. The molecule has 1 amide bonds. The Hall–Kier alpha value is -4.64. The molecule has 1 heterocycles. The molecule has 0 radical (unpaired) electrons. The number of carboxylic acids is 1. The van der Waals surface area contributed by atoms with E-state index < -0.39 is 39.7 Å². The maximum absolute atomic E-state index is 13.9. The van der Waals surface area contributed by atoms with Crippen LogP contribution in [0.25, 0.3) is 11.1 Å². The maximum atomic E-state index is 13.9. The van der Waals surface area contributed by atoms with Gasteiger partial charge in [-0.25, -0.2) is 13.2 Å². The molecule has 4 aromatic rings. The highest BCUT2D eigenvalue weighted by Crippen LogP contribution is 2.38. The van der Waals surface area contributed by atoms with E-state index in [4.69, 9.17) is 5.11 Å². The molecule has 1 aliphatic rings. The summed E-state index contributed by atoms with van der Waals surface area (Å²) in [5, 5.41) is 11.8. The highest BCUT2D eigenvalue weighted by atomic mass is 32.2. The number of para-hydroxylation sites is 1. The molecule has 0 aromatic heterocycles. The number of anilines is 1. The number of alkyl halides is 3. The average Bonchev–Trinajstić information content (AvgIpc) is 3.38. The van der Waals surface area contributed by atoms with Gasteiger partial charge in [-0.2, -0.15) is 13.2 Å². The molecule has 5 rings (SSSR count). The summed E-state index contributed by atoms with van der Waals surface area (Å²) in [6, 6.07) is 22.3. The van der Waals surface area contributed by atoms with E-state index in [1.54, 1.807) is 36.4 Å². The number of rotatable bonds is 8. The molecule has 0 aliphatic carbocycles. The van der Waals surface area contributed by atoms with Gasteiger partial charge in [-0.05, 0) is 71.1 Å². The summed E-state index contributed by atoms with van der Waals surface area (Å²) < 4.78 is 68.4. The zero-order chi connectivity index (χ0) is 30.1. The average molecular weight is 595 g/mol. The first-order valence-electron chi connectivity index (χ1n) is 12.9. The number of nitrogens with one attached hydrogen (secondary N) is 1. The molecule has 7 nitrogen and oxygen atoms in total. The van der Waals surface area contributed by atoms with Crippen LogP contribution in [0.5, 0.6) is 0 Å².